The number of nitrogens with zero attached hydrogens (tertiary/aromatic N) is 1. The Morgan fingerprint density at radius 3 is 2.19 bits per heavy atom. The van der Waals surface area contributed by atoms with Crippen molar-refractivity contribution in [2.45, 2.75) is 11.5 Å². The molecule has 1 aliphatic rings. The van der Waals surface area contributed by atoms with Crippen LogP contribution in [0.4, 0.5) is 0 Å². The third-order valence-electron chi connectivity index (χ3n) is 6.30. The molecule has 1 N–H and O–H groups in total. The topological polar surface area (TPSA) is 51.2 Å². The highest BCUT2D eigenvalue weighted by Crippen LogP contribution is 2.46. The second kappa shape index (κ2) is 10.2. The van der Waals surface area contributed by atoms with E-state index in [1.807, 2.05) is 66.7 Å². The van der Waals surface area contributed by atoms with Gasteiger partial charge in [-0.05, 0) is 29.3 Å². The van der Waals surface area contributed by atoms with Crippen molar-refractivity contribution in [2.24, 2.45) is 0 Å². The largest absolute Gasteiger partial charge is 0.497 e. The van der Waals surface area contributed by atoms with Crippen molar-refractivity contribution in [1.29, 1.82) is 0 Å². The summed E-state index contributed by atoms with van der Waals surface area (Å²) in [5.74, 6) is 1.18. The zero-order chi connectivity index (χ0) is 22.4. The maximum Gasteiger partial charge on any atom is 0.126 e. The smallest absolute Gasteiger partial charge is 0.126 e. The minimum atomic E-state index is -1.32. The third kappa shape index (κ3) is 4.51. The lowest BCUT2D eigenvalue weighted by atomic mass is 9.72. The van der Waals surface area contributed by atoms with Gasteiger partial charge in [-0.1, -0.05) is 60.7 Å². The van der Waals surface area contributed by atoms with Crippen LogP contribution < -0.4 is 9.47 Å². The molecule has 0 amide bonds. The molecule has 0 saturated carbocycles. The maximum absolute atomic E-state index is 12.7. The highest BCUT2D eigenvalue weighted by molar-refractivity contribution is 5.49. The molecule has 0 aromatic heterocycles. The molecule has 168 valence electrons. The maximum atomic E-state index is 12.7. The summed E-state index contributed by atoms with van der Waals surface area (Å²) >= 11 is 0. The van der Waals surface area contributed by atoms with Gasteiger partial charge >= 0.3 is 0 Å². The molecular weight excluding hydrogens is 402 g/mol. The van der Waals surface area contributed by atoms with E-state index in [9.17, 15) is 5.11 Å². The number of hydrogen-bond acceptors (Lipinski definition) is 5. The lowest BCUT2D eigenvalue weighted by Crippen LogP contribution is -2.45. The molecule has 2 atom stereocenters. The third-order valence-corrected chi connectivity index (χ3v) is 6.30. The molecule has 32 heavy (non-hydrogen) atoms. The van der Waals surface area contributed by atoms with Crippen molar-refractivity contribution in [3.63, 3.8) is 0 Å². The Morgan fingerprint density at radius 2 is 1.53 bits per heavy atom. The van der Waals surface area contributed by atoms with E-state index in [0.717, 1.165) is 35.5 Å². The highest BCUT2D eigenvalue weighted by atomic mass is 16.5. The second-order valence-electron chi connectivity index (χ2n) is 8.07. The normalized spacial score (nSPS) is 17.3. The molecule has 1 saturated heterocycles. The number of morpholine rings is 1. The predicted octanol–water partition coefficient (Wildman–Crippen LogP) is 4.06. The van der Waals surface area contributed by atoms with Gasteiger partial charge in [-0.25, -0.2) is 0 Å². The van der Waals surface area contributed by atoms with Crippen LogP contribution in [0.25, 0.3) is 0 Å². The van der Waals surface area contributed by atoms with Crippen LogP contribution in [0.3, 0.4) is 0 Å². The van der Waals surface area contributed by atoms with Crippen LogP contribution in [0.15, 0.2) is 78.9 Å². The minimum Gasteiger partial charge on any atom is -0.497 e. The summed E-state index contributed by atoms with van der Waals surface area (Å²) in [5, 5.41) is 12.7. The van der Waals surface area contributed by atoms with Gasteiger partial charge in [-0.3, -0.25) is 4.90 Å². The molecule has 5 heteroatoms. The number of aliphatic hydroxyl groups is 1. The molecule has 0 bridgehead atoms. The lowest BCUT2D eigenvalue weighted by Gasteiger charge is -2.41. The molecule has 1 aliphatic heterocycles. The fraction of sp³-hybridized carbons (Fsp3) is 0.333. The molecular formula is C27H31NO4. The molecule has 5 nitrogen and oxygen atoms in total. The van der Waals surface area contributed by atoms with E-state index < -0.39 is 5.60 Å². The van der Waals surface area contributed by atoms with Gasteiger partial charge in [-0.15, -0.1) is 0 Å². The monoisotopic (exact) mass is 433 g/mol. The second-order valence-corrected chi connectivity index (χ2v) is 8.07. The van der Waals surface area contributed by atoms with Crippen molar-refractivity contribution in [2.75, 3.05) is 47.1 Å². The number of benzene rings is 3. The number of rotatable bonds is 8. The SMILES string of the molecule is COc1ccc([C@@](O)(c2ccccc2OC)[C@@H](CN2CCOCC2)c2ccccc2)cc1. The first-order valence-corrected chi connectivity index (χ1v) is 11.0. The summed E-state index contributed by atoms with van der Waals surface area (Å²) in [5.41, 5.74) is 1.29. The Bertz CT molecular complexity index is 986. The Labute approximate surface area is 190 Å². The molecule has 1 heterocycles. The van der Waals surface area contributed by atoms with Crippen LogP contribution in [0.2, 0.25) is 0 Å². The van der Waals surface area contributed by atoms with Crippen LogP contribution >= 0.6 is 0 Å². The average Bonchev–Trinajstić information content (AvgIpc) is 2.88. The van der Waals surface area contributed by atoms with E-state index in [1.54, 1.807) is 14.2 Å². The van der Waals surface area contributed by atoms with Crippen LogP contribution in [-0.4, -0.2) is 57.1 Å². The van der Waals surface area contributed by atoms with Crippen molar-refractivity contribution < 1.29 is 19.3 Å². The Kier molecular flexibility index (Phi) is 7.10. The van der Waals surface area contributed by atoms with E-state index >= 15 is 0 Å². The van der Waals surface area contributed by atoms with Crippen molar-refractivity contribution in [3.05, 3.63) is 95.6 Å². The van der Waals surface area contributed by atoms with E-state index in [0.29, 0.717) is 25.5 Å². The zero-order valence-electron chi connectivity index (χ0n) is 18.7. The quantitative estimate of drug-likeness (QED) is 0.581. The first-order chi connectivity index (χ1) is 15.7. The van der Waals surface area contributed by atoms with Gasteiger partial charge in [0, 0.05) is 31.1 Å². The average molecular weight is 434 g/mol. The number of methoxy groups -OCH3 is 2. The first-order valence-electron chi connectivity index (χ1n) is 11.0. The van der Waals surface area contributed by atoms with E-state index in [2.05, 4.69) is 17.0 Å². The van der Waals surface area contributed by atoms with Gasteiger partial charge in [0.25, 0.3) is 0 Å². The summed E-state index contributed by atoms with van der Waals surface area (Å²) in [7, 11) is 3.29. The van der Waals surface area contributed by atoms with Crippen LogP contribution in [0.5, 0.6) is 11.5 Å². The first kappa shape index (κ1) is 22.3. The number of ether oxygens (including phenoxy) is 3. The molecule has 0 radical (unpaired) electrons. The summed E-state index contributed by atoms with van der Waals surface area (Å²) in [6.45, 7) is 3.78. The molecule has 0 spiro atoms. The van der Waals surface area contributed by atoms with Crippen molar-refractivity contribution in [1.82, 2.24) is 4.90 Å². The van der Waals surface area contributed by atoms with Gasteiger partial charge in [-0.2, -0.15) is 0 Å². The molecule has 1 fully saturated rings. The number of hydrogen-bond donors (Lipinski definition) is 1. The zero-order valence-corrected chi connectivity index (χ0v) is 18.7. The fourth-order valence-corrected chi connectivity index (χ4v) is 4.56. The molecule has 0 aliphatic carbocycles. The summed E-state index contributed by atoms with van der Waals surface area (Å²) < 4.78 is 16.7. The van der Waals surface area contributed by atoms with Gasteiger partial charge < -0.3 is 19.3 Å². The number of para-hydroxylation sites is 1. The predicted molar refractivity (Wildman–Crippen MR) is 125 cm³/mol. The summed E-state index contributed by atoms with van der Waals surface area (Å²) in [6, 6.07) is 25.7. The van der Waals surface area contributed by atoms with Crippen LogP contribution in [0.1, 0.15) is 22.6 Å². The Balaban J connectivity index is 1.89. The van der Waals surface area contributed by atoms with Gasteiger partial charge in [0.15, 0.2) is 0 Å². The van der Waals surface area contributed by atoms with E-state index in [1.165, 1.54) is 0 Å². The van der Waals surface area contributed by atoms with E-state index in [4.69, 9.17) is 14.2 Å². The van der Waals surface area contributed by atoms with Gasteiger partial charge in [0.1, 0.15) is 17.1 Å². The minimum absolute atomic E-state index is 0.230. The molecule has 0 unspecified atom stereocenters. The molecule has 3 aromatic rings. The molecule has 4 rings (SSSR count). The summed E-state index contributed by atoms with van der Waals surface area (Å²) in [6.07, 6.45) is 0. The Hall–Kier alpha value is -2.86. The van der Waals surface area contributed by atoms with E-state index in [-0.39, 0.29) is 5.92 Å². The fourth-order valence-electron chi connectivity index (χ4n) is 4.56. The molecule has 3 aromatic carbocycles. The summed E-state index contributed by atoms with van der Waals surface area (Å²) in [4.78, 5) is 2.37. The lowest BCUT2D eigenvalue weighted by molar-refractivity contribution is -0.000149. The van der Waals surface area contributed by atoms with Gasteiger partial charge in [0.2, 0.25) is 0 Å². The van der Waals surface area contributed by atoms with Crippen molar-refractivity contribution in [3.8, 4) is 11.5 Å². The van der Waals surface area contributed by atoms with Crippen LogP contribution in [-0.2, 0) is 10.3 Å². The van der Waals surface area contributed by atoms with Crippen LogP contribution in [0, 0.1) is 0 Å². The highest BCUT2D eigenvalue weighted by Gasteiger charge is 2.44. The van der Waals surface area contributed by atoms with Gasteiger partial charge in [0.05, 0.1) is 27.4 Å². The Morgan fingerprint density at radius 1 is 0.875 bits per heavy atom. The standard InChI is InChI=1S/C27H31NO4/c1-30-23-14-12-22(13-15-23)27(29,24-10-6-7-11-26(24)31-2)25(21-8-4-3-5-9-21)20-28-16-18-32-19-17-28/h3-15,25,29H,16-20H2,1-2H3/t25-,27+/m0/s1. The van der Waals surface area contributed by atoms with Crippen molar-refractivity contribution >= 4 is 0 Å².